The van der Waals surface area contributed by atoms with Gasteiger partial charge in [0.1, 0.15) is 5.76 Å². The highest BCUT2D eigenvalue weighted by Crippen LogP contribution is 2.23. The zero-order chi connectivity index (χ0) is 18.0. The Balaban J connectivity index is 1.82. The first-order valence-electron chi connectivity index (χ1n) is 7.52. The Kier molecular flexibility index (Phi) is 4.45. The number of nitrogens with zero attached hydrogens (tertiary/aromatic N) is 2. The molecule has 0 fully saturated rings. The van der Waals surface area contributed by atoms with E-state index in [-0.39, 0.29) is 10.8 Å². The summed E-state index contributed by atoms with van der Waals surface area (Å²) in [6, 6.07) is 9.80. The van der Waals surface area contributed by atoms with Gasteiger partial charge in [0.15, 0.2) is 0 Å². The Morgan fingerprint density at radius 2 is 1.88 bits per heavy atom. The Hall–Kier alpha value is -2.87. The van der Waals surface area contributed by atoms with Crippen molar-refractivity contribution in [1.82, 2.24) is 5.16 Å². The normalized spacial score (nSPS) is 12.4. The lowest BCUT2D eigenvalue weighted by Gasteiger charge is -2.06. The molecule has 1 N–H and O–H groups in total. The van der Waals surface area contributed by atoms with E-state index >= 15 is 0 Å². The number of aryl methyl sites for hydroxylation is 1. The first kappa shape index (κ1) is 17.0. The lowest BCUT2D eigenvalue weighted by molar-refractivity contribution is 0.430. The van der Waals surface area contributed by atoms with Crippen LogP contribution in [0.25, 0.3) is 0 Å². The van der Waals surface area contributed by atoms with Crippen LogP contribution in [0.5, 0.6) is 0 Å². The molecule has 7 nitrogen and oxygen atoms in total. The van der Waals surface area contributed by atoms with Gasteiger partial charge in [0.25, 0.3) is 10.0 Å². The van der Waals surface area contributed by atoms with E-state index in [4.69, 9.17) is 8.94 Å². The minimum absolute atomic E-state index is 0.107. The van der Waals surface area contributed by atoms with Gasteiger partial charge >= 0.3 is 0 Å². The lowest BCUT2D eigenvalue weighted by atomic mass is 10.3. The molecule has 0 aliphatic carbocycles. The predicted molar refractivity (Wildman–Crippen MR) is 93.8 cm³/mol. The standard InChI is InChI=1S/C17H17N3O4S/c1-11-12(2)19-24-17(11)20-25(21,22)15-8-6-14(7-9-15)18-13(3)16-5-4-10-23-16/h4-10,20H,1-3H3. The number of aliphatic imine (C=N–C) groups is 1. The molecule has 0 unspecified atom stereocenters. The van der Waals surface area contributed by atoms with E-state index in [0.717, 1.165) is 0 Å². The van der Waals surface area contributed by atoms with E-state index in [1.165, 1.54) is 12.1 Å². The van der Waals surface area contributed by atoms with Crippen molar-refractivity contribution in [3.63, 3.8) is 0 Å². The van der Waals surface area contributed by atoms with Crippen molar-refractivity contribution in [2.45, 2.75) is 25.7 Å². The Bertz CT molecular complexity index is 1000. The van der Waals surface area contributed by atoms with Gasteiger partial charge in [-0.2, -0.15) is 0 Å². The number of sulfonamides is 1. The largest absolute Gasteiger partial charge is 0.463 e. The second kappa shape index (κ2) is 6.56. The summed E-state index contributed by atoms with van der Waals surface area (Å²) >= 11 is 0. The fraction of sp³-hybridized carbons (Fsp3) is 0.176. The van der Waals surface area contributed by atoms with E-state index in [1.54, 1.807) is 38.3 Å². The predicted octanol–water partition coefficient (Wildman–Crippen LogP) is 3.83. The highest BCUT2D eigenvalue weighted by atomic mass is 32.2. The maximum Gasteiger partial charge on any atom is 0.264 e. The fourth-order valence-corrected chi connectivity index (χ4v) is 3.17. The van der Waals surface area contributed by atoms with E-state index in [1.807, 2.05) is 13.0 Å². The molecule has 3 aromatic rings. The summed E-state index contributed by atoms with van der Waals surface area (Å²) in [5.41, 5.74) is 2.61. The van der Waals surface area contributed by atoms with Crippen molar-refractivity contribution in [2.24, 2.45) is 4.99 Å². The summed E-state index contributed by atoms with van der Waals surface area (Å²) in [6.45, 7) is 5.30. The molecule has 8 heteroatoms. The van der Waals surface area contributed by atoms with Crippen LogP contribution < -0.4 is 4.72 Å². The second-order valence-electron chi connectivity index (χ2n) is 5.50. The molecule has 2 heterocycles. The molecule has 0 bridgehead atoms. The number of nitrogens with one attached hydrogen (secondary N) is 1. The molecule has 0 saturated heterocycles. The molecule has 0 saturated carbocycles. The third-order valence-electron chi connectivity index (χ3n) is 3.71. The van der Waals surface area contributed by atoms with Crippen molar-refractivity contribution in [2.75, 3.05) is 4.72 Å². The molecule has 1 aromatic carbocycles. The maximum absolute atomic E-state index is 12.4. The van der Waals surface area contributed by atoms with Crippen LogP contribution in [-0.4, -0.2) is 19.3 Å². The van der Waals surface area contributed by atoms with Crippen LogP contribution in [0, 0.1) is 13.8 Å². The summed E-state index contributed by atoms with van der Waals surface area (Å²) in [6.07, 6.45) is 1.57. The van der Waals surface area contributed by atoms with Crippen LogP contribution in [0.3, 0.4) is 0 Å². The van der Waals surface area contributed by atoms with E-state index in [2.05, 4.69) is 14.9 Å². The topological polar surface area (TPSA) is 97.7 Å². The number of anilines is 1. The van der Waals surface area contributed by atoms with Gasteiger partial charge in [-0.05, 0) is 57.2 Å². The summed E-state index contributed by atoms with van der Waals surface area (Å²) < 4.78 is 37.5. The molecule has 0 atom stereocenters. The highest BCUT2D eigenvalue weighted by molar-refractivity contribution is 7.92. The summed E-state index contributed by atoms with van der Waals surface area (Å²) in [5, 5.41) is 3.74. The molecular weight excluding hydrogens is 342 g/mol. The van der Waals surface area contributed by atoms with Gasteiger partial charge in [0, 0.05) is 5.56 Å². The highest BCUT2D eigenvalue weighted by Gasteiger charge is 2.19. The molecule has 130 valence electrons. The van der Waals surface area contributed by atoms with Crippen molar-refractivity contribution < 1.29 is 17.4 Å². The fourth-order valence-electron chi connectivity index (χ4n) is 2.12. The number of hydrogen-bond acceptors (Lipinski definition) is 6. The molecule has 0 radical (unpaired) electrons. The van der Waals surface area contributed by atoms with Gasteiger partial charge in [-0.3, -0.25) is 0 Å². The SMILES string of the molecule is CC(=Nc1ccc(S(=O)(=O)Nc2onc(C)c2C)cc1)c1ccco1. The van der Waals surface area contributed by atoms with E-state index in [0.29, 0.717) is 28.4 Å². The molecule has 2 aromatic heterocycles. The van der Waals surface area contributed by atoms with Crippen molar-refractivity contribution in [1.29, 1.82) is 0 Å². The van der Waals surface area contributed by atoms with Gasteiger partial charge in [-0.25, -0.2) is 18.1 Å². The maximum atomic E-state index is 12.4. The smallest absolute Gasteiger partial charge is 0.264 e. The average Bonchev–Trinajstić information content (AvgIpc) is 3.21. The van der Waals surface area contributed by atoms with Crippen molar-refractivity contribution in [3.05, 3.63) is 59.7 Å². The van der Waals surface area contributed by atoms with Crippen LogP contribution >= 0.6 is 0 Å². The van der Waals surface area contributed by atoms with Crippen LogP contribution in [-0.2, 0) is 10.0 Å². The molecule has 25 heavy (non-hydrogen) atoms. The minimum Gasteiger partial charge on any atom is -0.463 e. The van der Waals surface area contributed by atoms with Gasteiger partial charge in [0.2, 0.25) is 5.88 Å². The van der Waals surface area contributed by atoms with Crippen LogP contribution in [0.15, 0.2) is 61.5 Å². The van der Waals surface area contributed by atoms with Crippen LogP contribution in [0.4, 0.5) is 11.6 Å². The van der Waals surface area contributed by atoms with Gasteiger partial charge in [-0.1, -0.05) is 5.16 Å². The van der Waals surface area contributed by atoms with Crippen LogP contribution in [0.2, 0.25) is 0 Å². The zero-order valence-electron chi connectivity index (χ0n) is 14.0. The number of furan rings is 1. The molecular formula is C17H17N3O4S. The van der Waals surface area contributed by atoms with Gasteiger partial charge in [0.05, 0.1) is 28.3 Å². The van der Waals surface area contributed by atoms with Gasteiger partial charge < -0.3 is 8.94 Å². The second-order valence-corrected chi connectivity index (χ2v) is 7.18. The minimum atomic E-state index is -3.76. The Morgan fingerprint density at radius 3 is 2.44 bits per heavy atom. The number of benzene rings is 1. The summed E-state index contributed by atoms with van der Waals surface area (Å²) in [7, 11) is -3.76. The van der Waals surface area contributed by atoms with Crippen molar-refractivity contribution in [3.8, 4) is 0 Å². The summed E-state index contributed by atoms with van der Waals surface area (Å²) in [5.74, 6) is 0.780. The molecule has 0 aliphatic rings. The third kappa shape index (κ3) is 3.63. The number of hydrogen-bond donors (Lipinski definition) is 1. The number of rotatable bonds is 5. The average molecular weight is 359 g/mol. The zero-order valence-corrected chi connectivity index (χ0v) is 14.8. The first-order chi connectivity index (χ1) is 11.9. The first-order valence-corrected chi connectivity index (χ1v) is 9.00. The third-order valence-corrected chi connectivity index (χ3v) is 5.05. The summed E-state index contributed by atoms with van der Waals surface area (Å²) in [4.78, 5) is 4.51. The van der Waals surface area contributed by atoms with E-state index in [9.17, 15) is 8.42 Å². The molecule has 0 aliphatic heterocycles. The van der Waals surface area contributed by atoms with Gasteiger partial charge in [-0.15, -0.1) is 0 Å². The van der Waals surface area contributed by atoms with Crippen molar-refractivity contribution >= 4 is 27.3 Å². The number of aromatic nitrogens is 1. The monoisotopic (exact) mass is 359 g/mol. The molecule has 0 amide bonds. The lowest BCUT2D eigenvalue weighted by Crippen LogP contribution is -2.13. The van der Waals surface area contributed by atoms with E-state index < -0.39 is 10.0 Å². The Labute approximate surface area is 145 Å². The van der Waals surface area contributed by atoms with Crippen LogP contribution in [0.1, 0.15) is 23.9 Å². The molecule has 3 rings (SSSR count). The quantitative estimate of drug-likeness (QED) is 0.698. The molecule has 0 spiro atoms. The Morgan fingerprint density at radius 1 is 1.16 bits per heavy atom.